The molecular formula is C6H11IO. The standard InChI is InChI=1S/C6H11IO/c1-8-6-4-2-3-5(6)7/h5-6H,2-4H2,1H3. The van der Waals surface area contributed by atoms with Crippen LogP contribution in [-0.2, 0) is 4.74 Å². The average molecular weight is 226 g/mol. The van der Waals surface area contributed by atoms with Crippen molar-refractivity contribution in [3.05, 3.63) is 0 Å². The molecule has 1 nitrogen and oxygen atoms in total. The Morgan fingerprint density at radius 1 is 1.50 bits per heavy atom. The Hall–Kier alpha value is 0.690. The third kappa shape index (κ3) is 1.35. The van der Waals surface area contributed by atoms with Crippen molar-refractivity contribution in [2.24, 2.45) is 0 Å². The topological polar surface area (TPSA) is 9.23 Å². The second kappa shape index (κ2) is 3.01. The van der Waals surface area contributed by atoms with Gasteiger partial charge in [-0.25, -0.2) is 0 Å². The molecule has 0 saturated heterocycles. The van der Waals surface area contributed by atoms with Crippen LogP contribution in [0.15, 0.2) is 0 Å². The van der Waals surface area contributed by atoms with Gasteiger partial charge in [-0.2, -0.15) is 0 Å². The van der Waals surface area contributed by atoms with Crippen molar-refractivity contribution in [1.82, 2.24) is 0 Å². The second-order valence-corrected chi connectivity index (χ2v) is 3.82. The summed E-state index contributed by atoms with van der Waals surface area (Å²) in [6, 6.07) is 0. The van der Waals surface area contributed by atoms with Crippen LogP contribution in [0.5, 0.6) is 0 Å². The lowest BCUT2D eigenvalue weighted by Gasteiger charge is -2.09. The van der Waals surface area contributed by atoms with E-state index in [0.717, 1.165) is 3.92 Å². The molecule has 0 aromatic heterocycles. The summed E-state index contributed by atoms with van der Waals surface area (Å²) in [5.41, 5.74) is 0. The van der Waals surface area contributed by atoms with E-state index in [1.54, 1.807) is 0 Å². The van der Waals surface area contributed by atoms with Crippen molar-refractivity contribution in [2.45, 2.75) is 29.3 Å². The van der Waals surface area contributed by atoms with Gasteiger partial charge in [-0.05, 0) is 19.3 Å². The van der Waals surface area contributed by atoms with Crippen molar-refractivity contribution in [3.63, 3.8) is 0 Å². The average Bonchev–Trinajstić information content (AvgIpc) is 2.14. The zero-order valence-electron chi connectivity index (χ0n) is 5.06. The highest BCUT2D eigenvalue weighted by molar-refractivity contribution is 14.1. The van der Waals surface area contributed by atoms with Gasteiger partial charge in [0.05, 0.1) is 6.10 Å². The number of rotatable bonds is 1. The number of hydrogen-bond acceptors (Lipinski definition) is 1. The Bertz CT molecular complexity index is 74.9. The van der Waals surface area contributed by atoms with Gasteiger partial charge in [0.1, 0.15) is 0 Å². The van der Waals surface area contributed by atoms with Gasteiger partial charge in [0, 0.05) is 11.0 Å². The molecule has 0 aromatic rings. The van der Waals surface area contributed by atoms with Crippen LogP contribution in [0, 0.1) is 0 Å². The summed E-state index contributed by atoms with van der Waals surface area (Å²) in [4.78, 5) is 0. The molecule has 1 aliphatic carbocycles. The first-order valence-electron chi connectivity index (χ1n) is 3.01. The molecule has 0 bridgehead atoms. The van der Waals surface area contributed by atoms with Crippen LogP contribution in [0.4, 0.5) is 0 Å². The molecule has 0 N–H and O–H groups in total. The highest BCUT2D eigenvalue weighted by atomic mass is 127. The van der Waals surface area contributed by atoms with E-state index in [1.807, 2.05) is 7.11 Å². The molecule has 1 rings (SSSR count). The van der Waals surface area contributed by atoms with Crippen LogP contribution in [0.2, 0.25) is 0 Å². The van der Waals surface area contributed by atoms with Crippen LogP contribution < -0.4 is 0 Å². The molecule has 0 radical (unpaired) electrons. The largest absolute Gasteiger partial charge is 0.380 e. The second-order valence-electron chi connectivity index (χ2n) is 2.22. The summed E-state index contributed by atoms with van der Waals surface area (Å²) >= 11 is 2.47. The van der Waals surface area contributed by atoms with Crippen LogP contribution in [0.25, 0.3) is 0 Å². The molecule has 0 aliphatic heterocycles. The molecule has 0 heterocycles. The molecule has 2 unspecified atom stereocenters. The fourth-order valence-corrected chi connectivity index (χ4v) is 2.24. The fourth-order valence-electron chi connectivity index (χ4n) is 1.15. The molecule has 1 aliphatic rings. The smallest absolute Gasteiger partial charge is 0.0688 e. The number of halogens is 1. The van der Waals surface area contributed by atoms with Crippen molar-refractivity contribution in [1.29, 1.82) is 0 Å². The maximum atomic E-state index is 5.22. The van der Waals surface area contributed by atoms with Gasteiger partial charge in [-0.1, -0.05) is 22.6 Å². The van der Waals surface area contributed by atoms with Crippen LogP contribution in [0.1, 0.15) is 19.3 Å². The highest BCUT2D eigenvalue weighted by Gasteiger charge is 2.23. The van der Waals surface area contributed by atoms with Gasteiger partial charge in [-0.3, -0.25) is 0 Å². The molecule has 8 heavy (non-hydrogen) atoms. The van der Waals surface area contributed by atoms with Crippen molar-refractivity contribution in [2.75, 3.05) is 7.11 Å². The maximum Gasteiger partial charge on any atom is 0.0688 e. The molecule has 48 valence electrons. The first-order chi connectivity index (χ1) is 3.84. The first kappa shape index (κ1) is 6.81. The minimum atomic E-state index is 0.551. The predicted octanol–water partition coefficient (Wildman–Crippen LogP) is 1.99. The fraction of sp³-hybridized carbons (Fsp3) is 1.00. The highest BCUT2D eigenvalue weighted by Crippen LogP contribution is 2.27. The molecule has 0 aromatic carbocycles. The molecule has 0 amide bonds. The van der Waals surface area contributed by atoms with Crippen LogP contribution in [-0.4, -0.2) is 17.1 Å². The normalized spacial score (nSPS) is 38.2. The quantitative estimate of drug-likeness (QED) is 0.490. The molecule has 0 spiro atoms. The minimum absolute atomic E-state index is 0.551. The van der Waals surface area contributed by atoms with Gasteiger partial charge in [0.2, 0.25) is 0 Å². The number of alkyl halides is 1. The first-order valence-corrected chi connectivity index (χ1v) is 4.26. The number of methoxy groups -OCH3 is 1. The molecule has 2 heteroatoms. The van der Waals surface area contributed by atoms with Crippen molar-refractivity contribution < 1.29 is 4.74 Å². The lowest BCUT2D eigenvalue weighted by molar-refractivity contribution is 0.116. The van der Waals surface area contributed by atoms with Crippen molar-refractivity contribution in [3.8, 4) is 0 Å². The van der Waals surface area contributed by atoms with Crippen LogP contribution in [0.3, 0.4) is 0 Å². The zero-order valence-corrected chi connectivity index (χ0v) is 7.22. The van der Waals surface area contributed by atoms with E-state index in [4.69, 9.17) is 4.74 Å². The summed E-state index contributed by atoms with van der Waals surface area (Å²) in [6.07, 6.45) is 4.52. The number of ether oxygens (including phenoxy) is 1. The van der Waals surface area contributed by atoms with E-state index in [-0.39, 0.29) is 0 Å². The third-order valence-electron chi connectivity index (χ3n) is 1.67. The number of hydrogen-bond donors (Lipinski definition) is 0. The summed E-state index contributed by atoms with van der Waals surface area (Å²) in [6.45, 7) is 0. The molecule has 1 saturated carbocycles. The predicted molar refractivity (Wildman–Crippen MR) is 42.5 cm³/mol. The Morgan fingerprint density at radius 2 is 2.25 bits per heavy atom. The van der Waals surface area contributed by atoms with Gasteiger partial charge in [0.15, 0.2) is 0 Å². The SMILES string of the molecule is COC1CCCC1I. The Labute approximate surface area is 63.9 Å². The monoisotopic (exact) mass is 226 g/mol. The van der Waals surface area contributed by atoms with Crippen LogP contribution >= 0.6 is 22.6 Å². The summed E-state index contributed by atoms with van der Waals surface area (Å²) < 4.78 is 5.99. The van der Waals surface area contributed by atoms with Gasteiger partial charge >= 0.3 is 0 Å². The summed E-state index contributed by atoms with van der Waals surface area (Å²) in [5, 5.41) is 0. The van der Waals surface area contributed by atoms with Gasteiger partial charge < -0.3 is 4.74 Å². The van der Waals surface area contributed by atoms with E-state index < -0.39 is 0 Å². The van der Waals surface area contributed by atoms with Crippen molar-refractivity contribution >= 4 is 22.6 Å². The lowest BCUT2D eigenvalue weighted by atomic mass is 10.3. The molecule has 2 atom stereocenters. The Kier molecular flexibility index (Phi) is 2.56. The Morgan fingerprint density at radius 3 is 2.50 bits per heavy atom. The minimum Gasteiger partial charge on any atom is -0.380 e. The summed E-state index contributed by atoms with van der Waals surface area (Å²) in [5.74, 6) is 0. The maximum absolute atomic E-state index is 5.22. The van der Waals surface area contributed by atoms with E-state index in [9.17, 15) is 0 Å². The van der Waals surface area contributed by atoms with E-state index >= 15 is 0 Å². The van der Waals surface area contributed by atoms with Gasteiger partial charge in [-0.15, -0.1) is 0 Å². The van der Waals surface area contributed by atoms with E-state index in [1.165, 1.54) is 19.3 Å². The van der Waals surface area contributed by atoms with Gasteiger partial charge in [0.25, 0.3) is 0 Å². The molecular weight excluding hydrogens is 215 g/mol. The van der Waals surface area contributed by atoms with E-state index in [2.05, 4.69) is 22.6 Å². The molecule has 1 fully saturated rings. The third-order valence-corrected chi connectivity index (χ3v) is 3.10. The summed E-state index contributed by atoms with van der Waals surface area (Å²) in [7, 11) is 1.81. The lowest BCUT2D eigenvalue weighted by Crippen LogP contribution is -2.14. The zero-order chi connectivity index (χ0) is 5.98. The Balaban J connectivity index is 2.30. The van der Waals surface area contributed by atoms with E-state index in [0.29, 0.717) is 6.10 Å².